The predicted molar refractivity (Wildman–Crippen MR) is 94.3 cm³/mol. The number of halogens is 3. The Labute approximate surface area is 157 Å². The average Bonchev–Trinajstić information content (AvgIpc) is 3.33. The highest BCUT2D eigenvalue weighted by molar-refractivity contribution is 7.13. The van der Waals surface area contributed by atoms with Crippen LogP contribution in [-0.4, -0.2) is 46.3 Å². The summed E-state index contributed by atoms with van der Waals surface area (Å²) in [7, 11) is 0. The molecule has 10 heteroatoms. The molecule has 1 aliphatic rings. The molecule has 0 unspecified atom stereocenters. The first-order valence-electron chi connectivity index (χ1n) is 8.36. The summed E-state index contributed by atoms with van der Waals surface area (Å²) in [5, 5.41) is 10.1. The Balaban J connectivity index is 1.33. The van der Waals surface area contributed by atoms with Gasteiger partial charge in [-0.05, 0) is 23.6 Å². The second-order valence-electron chi connectivity index (χ2n) is 6.14. The van der Waals surface area contributed by atoms with Crippen molar-refractivity contribution in [2.24, 2.45) is 0 Å². The average molecular weight is 395 g/mol. The molecule has 0 amide bonds. The van der Waals surface area contributed by atoms with Gasteiger partial charge in [-0.1, -0.05) is 6.07 Å². The number of hydrogen-bond donors (Lipinski definition) is 0. The number of pyridine rings is 1. The van der Waals surface area contributed by atoms with Crippen molar-refractivity contribution in [3.63, 3.8) is 0 Å². The third kappa shape index (κ3) is 4.11. The van der Waals surface area contributed by atoms with Crippen LogP contribution in [0.1, 0.15) is 11.5 Å². The smallest absolute Gasteiger partial charge is 0.417 e. The molecule has 27 heavy (non-hydrogen) atoms. The Morgan fingerprint density at radius 1 is 1.07 bits per heavy atom. The summed E-state index contributed by atoms with van der Waals surface area (Å²) in [6.07, 6.45) is -3.48. The first-order chi connectivity index (χ1) is 13.0. The molecular formula is C17H16F3N5OS. The fraction of sp³-hybridized carbons (Fsp3) is 0.353. The quantitative estimate of drug-likeness (QED) is 0.674. The highest BCUT2D eigenvalue weighted by atomic mass is 32.1. The van der Waals surface area contributed by atoms with Gasteiger partial charge in [0, 0.05) is 32.4 Å². The predicted octanol–water partition coefficient (Wildman–Crippen LogP) is 3.53. The van der Waals surface area contributed by atoms with E-state index >= 15 is 0 Å². The van der Waals surface area contributed by atoms with Crippen LogP contribution < -0.4 is 4.90 Å². The van der Waals surface area contributed by atoms with E-state index in [1.807, 2.05) is 22.4 Å². The Hall–Kier alpha value is -2.46. The highest BCUT2D eigenvalue weighted by Crippen LogP contribution is 2.29. The Morgan fingerprint density at radius 3 is 2.52 bits per heavy atom. The first kappa shape index (κ1) is 17.9. The van der Waals surface area contributed by atoms with E-state index in [1.54, 1.807) is 11.3 Å². The van der Waals surface area contributed by atoms with E-state index in [4.69, 9.17) is 4.42 Å². The molecule has 0 spiro atoms. The third-order valence-electron chi connectivity index (χ3n) is 4.33. The summed E-state index contributed by atoms with van der Waals surface area (Å²) in [6.45, 7) is 3.36. The topological polar surface area (TPSA) is 58.3 Å². The molecule has 0 radical (unpaired) electrons. The lowest BCUT2D eigenvalue weighted by Gasteiger charge is -2.34. The minimum Gasteiger partial charge on any atom is -0.419 e. The number of alkyl halides is 3. The maximum Gasteiger partial charge on any atom is 0.417 e. The number of anilines is 1. The summed E-state index contributed by atoms with van der Waals surface area (Å²) in [6, 6.07) is 6.35. The van der Waals surface area contributed by atoms with Crippen LogP contribution in [0.15, 0.2) is 40.3 Å². The Bertz CT molecular complexity index is 871. The summed E-state index contributed by atoms with van der Waals surface area (Å²) in [5.74, 6) is 1.63. The number of rotatable bonds is 4. The molecule has 1 saturated heterocycles. The monoisotopic (exact) mass is 395 g/mol. The molecule has 1 fully saturated rings. The molecule has 4 heterocycles. The van der Waals surface area contributed by atoms with Gasteiger partial charge in [-0.15, -0.1) is 21.5 Å². The SMILES string of the molecule is FC(F)(F)c1ccc(N2CCN(Cc3nnc(-c4cccs4)o3)CC2)nc1. The van der Waals surface area contributed by atoms with Gasteiger partial charge in [0.1, 0.15) is 5.82 Å². The molecular weight excluding hydrogens is 379 g/mol. The Morgan fingerprint density at radius 2 is 1.89 bits per heavy atom. The largest absolute Gasteiger partial charge is 0.419 e. The molecule has 0 aromatic carbocycles. The highest BCUT2D eigenvalue weighted by Gasteiger charge is 2.31. The van der Waals surface area contributed by atoms with Crippen LogP contribution in [0.3, 0.4) is 0 Å². The van der Waals surface area contributed by atoms with Crippen molar-refractivity contribution in [1.82, 2.24) is 20.1 Å². The fourth-order valence-corrected chi connectivity index (χ4v) is 3.53. The molecule has 0 bridgehead atoms. The number of thiophene rings is 1. The minimum absolute atomic E-state index is 0.521. The standard InChI is InChI=1S/C17H16F3N5OS/c18-17(19,20)12-3-4-14(21-10-12)25-7-5-24(6-8-25)11-15-22-23-16(26-15)13-2-1-9-27-13/h1-4,9-10H,5-8,11H2. The van der Waals surface area contributed by atoms with Gasteiger partial charge in [0.25, 0.3) is 5.89 Å². The zero-order valence-electron chi connectivity index (χ0n) is 14.2. The summed E-state index contributed by atoms with van der Waals surface area (Å²) in [4.78, 5) is 9.04. The van der Waals surface area contributed by atoms with Gasteiger partial charge < -0.3 is 9.32 Å². The molecule has 0 aliphatic carbocycles. The van der Waals surface area contributed by atoms with Gasteiger partial charge in [0.05, 0.1) is 17.0 Å². The zero-order valence-corrected chi connectivity index (χ0v) is 15.0. The molecule has 6 nitrogen and oxygen atoms in total. The van der Waals surface area contributed by atoms with Gasteiger partial charge in [-0.3, -0.25) is 4.90 Å². The summed E-state index contributed by atoms with van der Waals surface area (Å²) >= 11 is 1.54. The number of hydrogen-bond acceptors (Lipinski definition) is 7. The summed E-state index contributed by atoms with van der Waals surface area (Å²) in [5.41, 5.74) is -0.733. The molecule has 142 valence electrons. The van der Waals surface area contributed by atoms with E-state index in [-0.39, 0.29) is 0 Å². The second kappa shape index (κ2) is 7.28. The fourth-order valence-electron chi connectivity index (χ4n) is 2.88. The lowest BCUT2D eigenvalue weighted by atomic mass is 10.2. The lowest BCUT2D eigenvalue weighted by molar-refractivity contribution is -0.137. The van der Waals surface area contributed by atoms with Crippen LogP contribution in [0, 0.1) is 0 Å². The minimum atomic E-state index is -4.36. The van der Waals surface area contributed by atoms with E-state index in [2.05, 4.69) is 20.1 Å². The molecule has 3 aromatic rings. The third-order valence-corrected chi connectivity index (χ3v) is 5.19. The normalized spacial score (nSPS) is 16.0. The number of piperazine rings is 1. The molecule has 0 N–H and O–H groups in total. The molecule has 4 rings (SSSR count). The maximum absolute atomic E-state index is 12.6. The van der Waals surface area contributed by atoms with E-state index in [0.29, 0.717) is 37.2 Å². The van der Waals surface area contributed by atoms with Gasteiger partial charge in [0.2, 0.25) is 5.89 Å². The first-order valence-corrected chi connectivity index (χ1v) is 9.24. The van der Waals surface area contributed by atoms with Gasteiger partial charge >= 0.3 is 6.18 Å². The van der Waals surface area contributed by atoms with Crippen molar-refractivity contribution in [1.29, 1.82) is 0 Å². The molecule has 1 aliphatic heterocycles. The van der Waals surface area contributed by atoms with Crippen molar-refractivity contribution in [3.8, 4) is 10.8 Å². The van der Waals surface area contributed by atoms with Crippen molar-refractivity contribution >= 4 is 17.2 Å². The number of nitrogens with zero attached hydrogens (tertiary/aromatic N) is 5. The van der Waals surface area contributed by atoms with Crippen molar-refractivity contribution in [3.05, 3.63) is 47.3 Å². The van der Waals surface area contributed by atoms with Crippen LogP contribution >= 0.6 is 11.3 Å². The van der Waals surface area contributed by atoms with Crippen LogP contribution in [0.2, 0.25) is 0 Å². The van der Waals surface area contributed by atoms with E-state index < -0.39 is 11.7 Å². The van der Waals surface area contributed by atoms with Gasteiger partial charge in [-0.2, -0.15) is 13.2 Å². The van der Waals surface area contributed by atoms with Crippen molar-refractivity contribution < 1.29 is 17.6 Å². The van der Waals surface area contributed by atoms with Crippen molar-refractivity contribution in [2.75, 3.05) is 31.1 Å². The van der Waals surface area contributed by atoms with Crippen molar-refractivity contribution in [2.45, 2.75) is 12.7 Å². The Kier molecular flexibility index (Phi) is 4.83. The number of aromatic nitrogens is 3. The maximum atomic E-state index is 12.6. The van der Waals surface area contributed by atoms with Gasteiger partial charge in [0.15, 0.2) is 0 Å². The van der Waals surface area contributed by atoms with Crippen LogP contribution in [0.5, 0.6) is 0 Å². The lowest BCUT2D eigenvalue weighted by Crippen LogP contribution is -2.46. The van der Waals surface area contributed by atoms with Crippen LogP contribution in [0.4, 0.5) is 19.0 Å². The van der Waals surface area contributed by atoms with Crippen LogP contribution in [-0.2, 0) is 12.7 Å². The molecule has 0 saturated carbocycles. The summed E-state index contributed by atoms with van der Waals surface area (Å²) < 4.78 is 43.6. The van der Waals surface area contributed by atoms with Crippen LogP contribution in [0.25, 0.3) is 10.8 Å². The van der Waals surface area contributed by atoms with Gasteiger partial charge in [-0.25, -0.2) is 4.98 Å². The second-order valence-corrected chi connectivity index (χ2v) is 7.09. The molecule has 3 aromatic heterocycles. The van der Waals surface area contributed by atoms with E-state index in [1.165, 1.54) is 6.07 Å². The van der Waals surface area contributed by atoms with E-state index in [0.717, 1.165) is 30.2 Å². The molecule has 0 atom stereocenters. The zero-order chi connectivity index (χ0) is 18.9. The van der Waals surface area contributed by atoms with E-state index in [9.17, 15) is 13.2 Å².